The summed E-state index contributed by atoms with van der Waals surface area (Å²) in [5.41, 5.74) is -0.994. The molecule has 0 heterocycles. The second-order valence-corrected chi connectivity index (χ2v) is 12.8. The van der Waals surface area contributed by atoms with E-state index < -0.39 is 42.0 Å². The van der Waals surface area contributed by atoms with E-state index >= 15 is 0 Å². The fraction of sp³-hybridized carbons (Fsp3) is 0.409. The van der Waals surface area contributed by atoms with Gasteiger partial charge < -0.3 is 4.55 Å². The first kappa shape index (κ1) is 23.3. The fourth-order valence-electron chi connectivity index (χ4n) is 4.48. The van der Waals surface area contributed by atoms with Crippen molar-refractivity contribution < 1.29 is 47.8 Å². The molecule has 2 fully saturated rings. The van der Waals surface area contributed by atoms with Gasteiger partial charge in [0.05, 0.1) is 0 Å². The van der Waals surface area contributed by atoms with E-state index in [1.807, 2.05) is 13.8 Å². The first-order valence-electron chi connectivity index (χ1n) is 9.52. The Morgan fingerprint density at radius 3 is 1.77 bits per heavy atom. The second-order valence-electron chi connectivity index (χ2n) is 8.40. The molecule has 0 spiro atoms. The molecular weight excluding hydrogens is 525 g/mol. The molecule has 2 aromatic rings. The number of Topliss-reactive ketones (excluding diaryl/α,β-unsaturated/α-hetero) is 1. The molecule has 3 unspecified atom stereocenters. The maximum atomic E-state index is 13.3. The number of halogens is 3. The van der Waals surface area contributed by atoms with E-state index in [9.17, 15) is 26.5 Å². The van der Waals surface area contributed by atoms with Gasteiger partial charge in [0, 0.05) is 5.41 Å². The number of hydrogen-bond donors (Lipinski definition) is 0. The van der Waals surface area contributed by atoms with Crippen LogP contribution in [0.5, 0.6) is 0 Å². The minimum Gasteiger partial charge on any atom is -0.747 e. The van der Waals surface area contributed by atoms with Gasteiger partial charge in [-0.05, 0) is 48.4 Å². The Bertz CT molecular complexity index is 1030. The Morgan fingerprint density at radius 2 is 1.43 bits per heavy atom. The van der Waals surface area contributed by atoms with Crippen LogP contribution in [0.25, 0.3) is 0 Å². The van der Waals surface area contributed by atoms with Crippen LogP contribution < -0.4 is 21.2 Å². The molecular formula is C22H23F2IO4S. The molecule has 2 aliphatic carbocycles. The van der Waals surface area contributed by atoms with Crippen molar-refractivity contribution in [3.63, 3.8) is 0 Å². The van der Waals surface area contributed by atoms with E-state index in [1.54, 1.807) is 43.3 Å². The van der Waals surface area contributed by atoms with Crippen molar-refractivity contribution in [2.24, 2.45) is 16.7 Å². The van der Waals surface area contributed by atoms with Crippen LogP contribution in [0.2, 0.25) is 0 Å². The highest BCUT2D eigenvalue weighted by molar-refractivity contribution is 7.87. The number of hydrogen-bond acceptors (Lipinski definition) is 4. The van der Waals surface area contributed by atoms with Crippen LogP contribution in [-0.4, -0.2) is 24.0 Å². The zero-order chi connectivity index (χ0) is 22.3. The molecule has 162 valence electrons. The summed E-state index contributed by atoms with van der Waals surface area (Å²) in [5, 5.41) is -1.30. The highest BCUT2D eigenvalue weighted by atomic mass is 127. The molecule has 0 N–H and O–H groups in total. The maximum absolute atomic E-state index is 13.3. The number of carbonyl (C=O) groups excluding carboxylic acids is 1. The topological polar surface area (TPSA) is 74.3 Å². The fourth-order valence-corrected chi connectivity index (χ4v) is 8.15. The van der Waals surface area contributed by atoms with Gasteiger partial charge in [-0.15, -0.1) is 0 Å². The maximum Gasteiger partial charge on any atom is 0.364 e. The Balaban J connectivity index is 0.000000171. The minimum atomic E-state index is -4.49. The Kier molecular flexibility index (Phi) is 6.42. The zero-order valence-corrected chi connectivity index (χ0v) is 19.8. The van der Waals surface area contributed by atoms with E-state index in [4.69, 9.17) is 0 Å². The van der Waals surface area contributed by atoms with Crippen molar-refractivity contribution in [3.8, 4) is 0 Å². The smallest absolute Gasteiger partial charge is 0.364 e. The van der Waals surface area contributed by atoms with E-state index in [2.05, 4.69) is 0 Å². The Morgan fingerprint density at radius 1 is 0.967 bits per heavy atom. The van der Waals surface area contributed by atoms with Crippen LogP contribution in [0.1, 0.15) is 33.6 Å². The third kappa shape index (κ3) is 4.05. The first-order valence-corrected chi connectivity index (χ1v) is 13.2. The standard InChI is InChI=1S/C12H8F2I.C10H16O4S/c13-9-5-1-3-7-11(9)15-12-8-4-2-6-10(12)14;1-9(2)6-4-5-10(9,3)8(11)7(6)15(12,13)14/h1-8H;6-7H,4-5H2,1-3H3,(H,12,13,14)/q+1;/p-1. The van der Waals surface area contributed by atoms with Gasteiger partial charge in [0.2, 0.25) is 7.14 Å². The Labute approximate surface area is 186 Å². The SMILES string of the molecule is CC12CCC(C(S(=O)(=O)[O-])C1=O)C2(C)C.Fc1ccccc1[I+]c1ccccc1F. The van der Waals surface area contributed by atoms with Gasteiger partial charge in [-0.1, -0.05) is 45.0 Å². The summed E-state index contributed by atoms with van der Waals surface area (Å²) in [5.74, 6) is -1.14. The summed E-state index contributed by atoms with van der Waals surface area (Å²) in [6.45, 7) is 5.59. The van der Waals surface area contributed by atoms with Crippen molar-refractivity contribution in [2.45, 2.75) is 38.9 Å². The molecule has 0 amide bonds. The molecule has 2 saturated carbocycles. The van der Waals surface area contributed by atoms with Crippen LogP contribution in [0, 0.1) is 35.5 Å². The summed E-state index contributed by atoms with van der Waals surface area (Å²) in [6.07, 6.45) is 1.37. The van der Waals surface area contributed by atoms with Crippen molar-refractivity contribution in [1.29, 1.82) is 0 Å². The average molecular weight is 548 g/mol. The molecule has 30 heavy (non-hydrogen) atoms. The predicted octanol–water partition coefficient (Wildman–Crippen LogP) is 1.02. The molecule has 0 aromatic heterocycles. The largest absolute Gasteiger partial charge is 0.747 e. The van der Waals surface area contributed by atoms with Gasteiger partial charge in [0.1, 0.15) is 15.4 Å². The molecule has 2 bridgehead atoms. The lowest BCUT2D eigenvalue weighted by Crippen LogP contribution is -3.62. The molecule has 8 heteroatoms. The highest BCUT2D eigenvalue weighted by Crippen LogP contribution is 2.64. The monoisotopic (exact) mass is 548 g/mol. The van der Waals surface area contributed by atoms with Crippen molar-refractivity contribution in [2.75, 3.05) is 0 Å². The van der Waals surface area contributed by atoms with Crippen LogP contribution in [-0.2, 0) is 14.9 Å². The normalized spacial score (nSPS) is 26.9. The van der Waals surface area contributed by atoms with Gasteiger partial charge in [-0.25, -0.2) is 17.2 Å². The van der Waals surface area contributed by atoms with Gasteiger partial charge in [0.25, 0.3) is 0 Å². The summed E-state index contributed by atoms with van der Waals surface area (Å²) in [4.78, 5) is 12.0. The molecule has 3 atom stereocenters. The van der Waals surface area contributed by atoms with Crippen LogP contribution in [0.4, 0.5) is 8.78 Å². The van der Waals surface area contributed by atoms with E-state index in [1.165, 1.54) is 12.1 Å². The van der Waals surface area contributed by atoms with E-state index in [0.717, 1.165) is 0 Å². The van der Waals surface area contributed by atoms with Crippen LogP contribution in [0.3, 0.4) is 0 Å². The highest BCUT2D eigenvalue weighted by Gasteiger charge is 2.67. The molecule has 2 aromatic carbocycles. The lowest BCUT2D eigenvalue weighted by Gasteiger charge is -2.32. The van der Waals surface area contributed by atoms with Crippen molar-refractivity contribution in [3.05, 3.63) is 67.3 Å². The van der Waals surface area contributed by atoms with Crippen LogP contribution >= 0.6 is 0 Å². The molecule has 0 aliphatic heterocycles. The van der Waals surface area contributed by atoms with Crippen molar-refractivity contribution >= 4 is 15.9 Å². The van der Waals surface area contributed by atoms with Crippen molar-refractivity contribution in [1.82, 2.24) is 0 Å². The number of carbonyl (C=O) groups is 1. The predicted molar refractivity (Wildman–Crippen MR) is 103 cm³/mol. The Hall–Kier alpha value is -1.39. The van der Waals surface area contributed by atoms with E-state index in [-0.39, 0.29) is 28.8 Å². The second kappa shape index (κ2) is 8.27. The summed E-state index contributed by atoms with van der Waals surface area (Å²) < 4.78 is 61.1. The number of ketones is 1. The van der Waals surface area contributed by atoms with Gasteiger partial charge in [0.15, 0.2) is 17.4 Å². The third-order valence-corrected chi connectivity index (χ3v) is 10.7. The minimum absolute atomic E-state index is 0.242. The first-order chi connectivity index (χ1) is 13.9. The van der Waals surface area contributed by atoms with Crippen LogP contribution in [0.15, 0.2) is 48.5 Å². The van der Waals surface area contributed by atoms with E-state index in [0.29, 0.717) is 20.0 Å². The number of benzene rings is 2. The number of rotatable bonds is 3. The molecule has 4 rings (SSSR count). The summed E-state index contributed by atoms with van der Waals surface area (Å²) in [7, 11) is -4.49. The third-order valence-electron chi connectivity index (χ3n) is 6.64. The lowest BCUT2D eigenvalue weighted by molar-refractivity contribution is -0.603. The summed E-state index contributed by atoms with van der Waals surface area (Å²) >= 11 is -0.765. The summed E-state index contributed by atoms with van der Waals surface area (Å²) in [6, 6.07) is 13.1. The molecule has 0 radical (unpaired) electrons. The molecule has 0 saturated heterocycles. The molecule has 4 nitrogen and oxygen atoms in total. The van der Waals surface area contributed by atoms with Gasteiger partial charge >= 0.3 is 21.2 Å². The number of fused-ring (bicyclic) bond motifs is 2. The zero-order valence-electron chi connectivity index (χ0n) is 16.9. The lowest BCUT2D eigenvalue weighted by atomic mass is 9.70. The quantitative estimate of drug-likeness (QED) is 0.425. The molecule has 2 aliphatic rings. The van der Waals surface area contributed by atoms with Gasteiger partial charge in [-0.3, -0.25) is 4.79 Å². The van der Waals surface area contributed by atoms with Gasteiger partial charge in [-0.2, -0.15) is 0 Å². The average Bonchev–Trinajstić information content (AvgIpc) is 2.97.